The molecule has 0 radical (unpaired) electrons. The zero-order valence-corrected chi connectivity index (χ0v) is 14.8. The Morgan fingerprint density at radius 3 is 2.29 bits per heavy atom. The first-order valence-electron chi connectivity index (χ1n) is 8.11. The molecule has 2 aromatic rings. The third-order valence-electron chi connectivity index (χ3n) is 3.93. The molecule has 0 heterocycles. The molecule has 0 saturated carbocycles. The molecule has 3 heteroatoms. The van der Waals surface area contributed by atoms with Crippen LogP contribution in [0.1, 0.15) is 49.2 Å². The standard InChI is InChI=1S/C21H25NO2/c1-15(13-16-9-11-17(12-10-16)21(2,3)4)14-22-19-8-6-5-7-18(19)20(23)24/h5-12,14,22H,13H2,1-4H3,(H,23,24)/b15-14+. The van der Waals surface area contributed by atoms with Crippen LogP contribution < -0.4 is 5.32 Å². The number of nitrogens with one attached hydrogen (secondary N) is 1. The molecule has 0 aromatic heterocycles. The number of rotatable bonds is 5. The molecule has 2 rings (SSSR count). The lowest BCUT2D eigenvalue weighted by Gasteiger charge is -2.19. The van der Waals surface area contributed by atoms with Crippen molar-refractivity contribution < 1.29 is 9.90 Å². The normalized spacial score (nSPS) is 12.1. The van der Waals surface area contributed by atoms with E-state index in [-0.39, 0.29) is 11.0 Å². The van der Waals surface area contributed by atoms with Crippen molar-refractivity contribution in [2.45, 2.75) is 39.5 Å². The Hall–Kier alpha value is -2.55. The summed E-state index contributed by atoms with van der Waals surface area (Å²) in [5.41, 5.74) is 4.74. The minimum absolute atomic E-state index is 0.158. The van der Waals surface area contributed by atoms with Crippen LogP contribution in [0.5, 0.6) is 0 Å². The fourth-order valence-electron chi connectivity index (χ4n) is 2.49. The number of carboxylic acid groups (broad SMARTS) is 1. The zero-order chi connectivity index (χ0) is 17.7. The first-order chi connectivity index (χ1) is 11.3. The maximum atomic E-state index is 11.2. The average molecular weight is 323 g/mol. The maximum absolute atomic E-state index is 11.2. The Morgan fingerprint density at radius 2 is 1.71 bits per heavy atom. The van der Waals surface area contributed by atoms with Crippen LogP contribution in [0.25, 0.3) is 0 Å². The molecule has 0 aliphatic rings. The van der Waals surface area contributed by atoms with Gasteiger partial charge in [-0.25, -0.2) is 4.79 Å². The Balaban J connectivity index is 2.06. The summed E-state index contributed by atoms with van der Waals surface area (Å²) in [6, 6.07) is 15.6. The van der Waals surface area contributed by atoms with Crippen molar-refractivity contribution in [2.24, 2.45) is 0 Å². The van der Waals surface area contributed by atoms with Crippen molar-refractivity contribution in [3.8, 4) is 0 Å². The number of allylic oxidation sites excluding steroid dienone is 1. The first-order valence-corrected chi connectivity index (χ1v) is 8.11. The van der Waals surface area contributed by atoms with Gasteiger partial charge in [0.15, 0.2) is 0 Å². The predicted octanol–water partition coefficient (Wildman–Crippen LogP) is 5.24. The van der Waals surface area contributed by atoms with E-state index in [1.165, 1.54) is 11.1 Å². The summed E-state index contributed by atoms with van der Waals surface area (Å²) in [4.78, 5) is 11.2. The highest BCUT2D eigenvalue weighted by atomic mass is 16.4. The van der Waals surface area contributed by atoms with Crippen LogP contribution in [0.15, 0.2) is 60.3 Å². The fourth-order valence-corrected chi connectivity index (χ4v) is 2.49. The average Bonchev–Trinajstić information content (AvgIpc) is 2.53. The lowest BCUT2D eigenvalue weighted by Crippen LogP contribution is -2.10. The van der Waals surface area contributed by atoms with Gasteiger partial charge in [0, 0.05) is 6.20 Å². The summed E-state index contributed by atoms with van der Waals surface area (Å²) in [6.45, 7) is 8.65. The van der Waals surface area contributed by atoms with Crippen LogP contribution in [0.4, 0.5) is 5.69 Å². The molecule has 0 unspecified atom stereocenters. The van der Waals surface area contributed by atoms with Crippen molar-refractivity contribution in [1.29, 1.82) is 0 Å². The zero-order valence-electron chi connectivity index (χ0n) is 14.8. The van der Waals surface area contributed by atoms with Crippen molar-refractivity contribution in [2.75, 3.05) is 5.32 Å². The van der Waals surface area contributed by atoms with Crippen LogP contribution in [0.2, 0.25) is 0 Å². The topological polar surface area (TPSA) is 49.3 Å². The summed E-state index contributed by atoms with van der Waals surface area (Å²) in [5, 5.41) is 12.3. The Kier molecular flexibility index (Phi) is 5.45. The molecule has 2 N–H and O–H groups in total. The van der Waals surface area contributed by atoms with Gasteiger partial charge in [0.1, 0.15) is 0 Å². The number of aromatic carboxylic acids is 1. The molecule has 0 saturated heterocycles. The summed E-state index contributed by atoms with van der Waals surface area (Å²) in [6.07, 6.45) is 2.70. The molecular formula is C21H25NO2. The second-order valence-corrected chi connectivity index (χ2v) is 7.11. The van der Waals surface area contributed by atoms with E-state index in [1.807, 2.05) is 19.2 Å². The second kappa shape index (κ2) is 7.35. The molecule has 2 aromatic carbocycles. The van der Waals surface area contributed by atoms with E-state index in [2.05, 4.69) is 50.4 Å². The van der Waals surface area contributed by atoms with Crippen LogP contribution in [-0.2, 0) is 11.8 Å². The van der Waals surface area contributed by atoms with Crippen molar-refractivity contribution >= 4 is 11.7 Å². The van der Waals surface area contributed by atoms with Crippen molar-refractivity contribution in [3.05, 3.63) is 77.0 Å². The monoisotopic (exact) mass is 323 g/mol. The van der Waals surface area contributed by atoms with E-state index in [0.29, 0.717) is 5.69 Å². The number of benzene rings is 2. The first kappa shape index (κ1) is 17.8. The van der Waals surface area contributed by atoms with E-state index in [9.17, 15) is 9.90 Å². The number of anilines is 1. The van der Waals surface area contributed by atoms with Crippen molar-refractivity contribution in [3.63, 3.8) is 0 Å². The van der Waals surface area contributed by atoms with E-state index in [0.717, 1.165) is 12.0 Å². The predicted molar refractivity (Wildman–Crippen MR) is 99.6 cm³/mol. The molecule has 0 bridgehead atoms. The highest BCUT2D eigenvalue weighted by Crippen LogP contribution is 2.23. The second-order valence-electron chi connectivity index (χ2n) is 7.11. The van der Waals surface area contributed by atoms with Gasteiger partial charge in [-0.1, -0.05) is 62.7 Å². The Bertz CT molecular complexity index is 737. The van der Waals surface area contributed by atoms with Crippen molar-refractivity contribution in [1.82, 2.24) is 0 Å². The molecule has 0 fully saturated rings. The largest absolute Gasteiger partial charge is 0.478 e. The summed E-state index contributed by atoms with van der Waals surface area (Å²) in [5.74, 6) is -0.929. The number of hydrogen-bond donors (Lipinski definition) is 2. The van der Waals surface area contributed by atoms with Gasteiger partial charge in [-0.3, -0.25) is 0 Å². The number of para-hydroxylation sites is 1. The van der Waals surface area contributed by atoms with E-state index < -0.39 is 5.97 Å². The van der Waals surface area contributed by atoms with Gasteiger partial charge in [-0.2, -0.15) is 0 Å². The molecule has 126 valence electrons. The molecule has 0 aliphatic heterocycles. The summed E-state index contributed by atoms with van der Waals surface area (Å²) in [7, 11) is 0. The Morgan fingerprint density at radius 1 is 1.08 bits per heavy atom. The van der Waals surface area contributed by atoms with Gasteiger partial charge in [0.05, 0.1) is 11.3 Å². The van der Waals surface area contributed by atoms with Gasteiger partial charge >= 0.3 is 5.97 Å². The van der Waals surface area contributed by atoms with E-state index in [1.54, 1.807) is 18.2 Å². The number of hydrogen-bond acceptors (Lipinski definition) is 2. The molecule has 0 amide bonds. The highest BCUT2D eigenvalue weighted by Gasteiger charge is 2.12. The minimum atomic E-state index is -0.929. The number of carbonyl (C=O) groups is 1. The number of carboxylic acids is 1. The lowest BCUT2D eigenvalue weighted by atomic mass is 9.86. The highest BCUT2D eigenvalue weighted by molar-refractivity contribution is 5.94. The molecule has 24 heavy (non-hydrogen) atoms. The minimum Gasteiger partial charge on any atom is -0.478 e. The summed E-state index contributed by atoms with van der Waals surface area (Å²) < 4.78 is 0. The van der Waals surface area contributed by atoms with Gasteiger partial charge in [-0.15, -0.1) is 0 Å². The van der Waals surface area contributed by atoms with Crippen LogP contribution in [0.3, 0.4) is 0 Å². The van der Waals surface area contributed by atoms with Crippen LogP contribution in [0, 0.1) is 0 Å². The molecular weight excluding hydrogens is 298 g/mol. The lowest BCUT2D eigenvalue weighted by molar-refractivity contribution is 0.0698. The van der Waals surface area contributed by atoms with Gasteiger partial charge in [-0.05, 0) is 42.0 Å². The third kappa shape index (κ3) is 4.72. The maximum Gasteiger partial charge on any atom is 0.337 e. The quantitative estimate of drug-likeness (QED) is 0.791. The van der Waals surface area contributed by atoms with Gasteiger partial charge < -0.3 is 10.4 Å². The van der Waals surface area contributed by atoms with Gasteiger partial charge in [0.2, 0.25) is 0 Å². The molecule has 3 nitrogen and oxygen atoms in total. The van der Waals surface area contributed by atoms with E-state index in [4.69, 9.17) is 0 Å². The SMILES string of the molecule is C/C(=C\Nc1ccccc1C(=O)O)Cc1ccc(C(C)(C)C)cc1. The fraction of sp³-hybridized carbons (Fsp3) is 0.286. The summed E-state index contributed by atoms with van der Waals surface area (Å²) >= 11 is 0. The van der Waals surface area contributed by atoms with Crippen LogP contribution in [-0.4, -0.2) is 11.1 Å². The smallest absolute Gasteiger partial charge is 0.337 e. The molecule has 0 atom stereocenters. The van der Waals surface area contributed by atoms with E-state index >= 15 is 0 Å². The Labute approximate surface area is 144 Å². The van der Waals surface area contributed by atoms with Gasteiger partial charge in [0.25, 0.3) is 0 Å². The molecule has 0 spiro atoms. The molecule has 0 aliphatic carbocycles. The van der Waals surface area contributed by atoms with Crippen LogP contribution >= 0.6 is 0 Å². The third-order valence-corrected chi connectivity index (χ3v) is 3.93.